The molecule has 0 aliphatic carbocycles. The fourth-order valence-corrected chi connectivity index (χ4v) is 2.87. The molecule has 1 saturated heterocycles. The van der Waals surface area contributed by atoms with Gasteiger partial charge in [0.15, 0.2) is 0 Å². The minimum Gasteiger partial charge on any atom is -0.308 e. The van der Waals surface area contributed by atoms with E-state index in [1.165, 1.54) is 19.4 Å². The molecule has 1 heterocycles. The van der Waals surface area contributed by atoms with Crippen molar-refractivity contribution in [1.29, 1.82) is 0 Å². The first-order valence-electron chi connectivity index (χ1n) is 7.29. The van der Waals surface area contributed by atoms with Gasteiger partial charge in [-0.1, -0.05) is 19.1 Å². The molecule has 110 valence electrons. The van der Waals surface area contributed by atoms with Gasteiger partial charge >= 0.3 is 0 Å². The lowest BCUT2D eigenvalue weighted by atomic mass is 10.0. The van der Waals surface area contributed by atoms with E-state index >= 15 is 0 Å². The van der Waals surface area contributed by atoms with Gasteiger partial charge in [0.2, 0.25) is 0 Å². The van der Waals surface area contributed by atoms with Crippen LogP contribution in [0, 0.1) is 10.1 Å². The molecule has 0 saturated carbocycles. The van der Waals surface area contributed by atoms with E-state index in [1.807, 2.05) is 6.07 Å². The van der Waals surface area contributed by atoms with Crippen LogP contribution < -0.4 is 5.32 Å². The van der Waals surface area contributed by atoms with Crippen molar-refractivity contribution in [1.82, 2.24) is 10.2 Å². The quantitative estimate of drug-likeness (QED) is 0.641. The lowest BCUT2D eigenvalue weighted by molar-refractivity contribution is -0.384. The highest BCUT2D eigenvalue weighted by atomic mass is 16.6. The molecule has 2 unspecified atom stereocenters. The van der Waals surface area contributed by atoms with Crippen molar-refractivity contribution in [3.63, 3.8) is 0 Å². The molecular weight excluding hydrogens is 254 g/mol. The maximum atomic E-state index is 10.9. The number of nitrogens with one attached hydrogen (secondary N) is 1. The van der Waals surface area contributed by atoms with Crippen LogP contribution in [-0.2, 0) is 0 Å². The number of rotatable bonds is 6. The fourth-order valence-electron chi connectivity index (χ4n) is 2.87. The van der Waals surface area contributed by atoms with E-state index in [1.54, 1.807) is 18.2 Å². The van der Waals surface area contributed by atoms with Crippen molar-refractivity contribution in [2.45, 2.75) is 38.3 Å². The van der Waals surface area contributed by atoms with E-state index < -0.39 is 0 Å². The maximum Gasteiger partial charge on any atom is 0.269 e. The van der Waals surface area contributed by atoms with E-state index in [-0.39, 0.29) is 16.7 Å². The molecule has 5 nitrogen and oxygen atoms in total. The van der Waals surface area contributed by atoms with Gasteiger partial charge in [-0.15, -0.1) is 0 Å². The summed E-state index contributed by atoms with van der Waals surface area (Å²) < 4.78 is 0. The highest BCUT2D eigenvalue weighted by Crippen LogP contribution is 2.22. The molecule has 0 bridgehead atoms. The van der Waals surface area contributed by atoms with E-state index in [2.05, 4.69) is 24.2 Å². The van der Waals surface area contributed by atoms with Gasteiger partial charge in [0.1, 0.15) is 0 Å². The van der Waals surface area contributed by atoms with Crippen molar-refractivity contribution in [2.75, 3.05) is 20.1 Å². The number of likely N-dealkylation sites (tertiary alicyclic amines) is 1. The molecular formula is C15H23N3O2. The summed E-state index contributed by atoms with van der Waals surface area (Å²) in [5.41, 5.74) is 1.17. The second-order valence-corrected chi connectivity index (χ2v) is 5.50. The summed E-state index contributed by atoms with van der Waals surface area (Å²) >= 11 is 0. The monoisotopic (exact) mass is 277 g/mol. The second-order valence-electron chi connectivity index (χ2n) is 5.50. The highest BCUT2D eigenvalue weighted by Gasteiger charge is 2.22. The van der Waals surface area contributed by atoms with Crippen LogP contribution in [0.1, 0.15) is 37.8 Å². The van der Waals surface area contributed by atoms with Crippen LogP contribution in [0.4, 0.5) is 5.69 Å². The first-order valence-corrected chi connectivity index (χ1v) is 7.29. The van der Waals surface area contributed by atoms with Gasteiger partial charge in [-0.25, -0.2) is 0 Å². The zero-order chi connectivity index (χ0) is 14.5. The van der Waals surface area contributed by atoms with Gasteiger partial charge in [-0.2, -0.15) is 0 Å². The van der Waals surface area contributed by atoms with Crippen molar-refractivity contribution >= 4 is 5.69 Å². The third-order valence-electron chi connectivity index (χ3n) is 4.16. The Morgan fingerprint density at radius 1 is 1.55 bits per heavy atom. The lowest BCUT2D eigenvalue weighted by Crippen LogP contribution is -2.37. The largest absolute Gasteiger partial charge is 0.308 e. The van der Waals surface area contributed by atoms with E-state index in [9.17, 15) is 10.1 Å². The number of nitrogens with zero attached hydrogens (tertiary/aromatic N) is 2. The number of likely N-dealkylation sites (N-methyl/N-ethyl adjacent to an activating group) is 1. The SMILES string of the molecule is CCC(NCC1CCCN1C)c1cccc([N+](=O)[O-])c1. The molecule has 0 amide bonds. The zero-order valence-corrected chi connectivity index (χ0v) is 12.2. The molecule has 2 atom stereocenters. The molecule has 1 aromatic rings. The molecule has 1 N–H and O–H groups in total. The Morgan fingerprint density at radius 3 is 2.95 bits per heavy atom. The number of nitro groups is 1. The van der Waals surface area contributed by atoms with E-state index in [4.69, 9.17) is 0 Å². The van der Waals surface area contributed by atoms with Crippen LogP contribution in [0.3, 0.4) is 0 Å². The Labute approximate surface area is 120 Å². The predicted octanol–water partition coefficient (Wildman–Crippen LogP) is 2.73. The first kappa shape index (κ1) is 14.9. The van der Waals surface area contributed by atoms with Gasteiger partial charge in [-0.3, -0.25) is 10.1 Å². The average molecular weight is 277 g/mol. The van der Waals surface area contributed by atoms with Crippen molar-refractivity contribution in [2.24, 2.45) is 0 Å². The molecule has 5 heteroatoms. The predicted molar refractivity (Wildman–Crippen MR) is 79.8 cm³/mol. The van der Waals surface area contributed by atoms with Gasteiger partial charge in [-0.05, 0) is 38.4 Å². The molecule has 1 aliphatic heterocycles. The van der Waals surface area contributed by atoms with Crippen LogP contribution in [0.5, 0.6) is 0 Å². The standard InChI is InChI=1S/C15H23N3O2/c1-3-15(16-11-14-8-5-9-17(14)2)12-6-4-7-13(10-12)18(19)20/h4,6-7,10,14-16H,3,5,8-9,11H2,1-2H3. The molecule has 0 aromatic heterocycles. The number of benzene rings is 1. The number of non-ortho nitro benzene ring substituents is 1. The lowest BCUT2D eigenvalue weighted by Gasteiger charge is -2.24. The summed E-state index contributed by atoms with van der Waals surface area (Å²) in [6, 6.07) is 7.72. The Bertz CT molecular complexity index is 464. The summed E-state index contributed by atoms with van der Waals surface area (Å²) in [5.74, 6) is 0. The number of nitro benzene ring substituents is 1. The third kappa shape index (κ3) is 3.55. The van der Waals surface area contributed by atoms with Crippen LogP contribution >= 0.6 is 0 Å². The van der Waals surface area contributed by atoms with E-state index in [0.29, 0.717) is 6.04 Å². The molecule has 0 spiro atoms. The summed E-state index contributed by atoms with van der Waals surface area (Å²) in [4.78, 5) is 12.9. The van der Waals surface area contributed by atoms with Gasteiger partial charge < -0.3 is 10.2 Å². The minimum atomic E-state index is -0.332. The van der Waals surface area contributed by atoms with Crippen LogP contribution in [0.25, 0.3) is 0 Å². The van der Waals surface area contributed by atoms with Crippen molar-refractivity contribution < 1.29 is 4.92 Å². The minimum absolute atomic E-state index is 0.167. The van der Waals surface area contributed by atoms with Crippen LogP contribution in [0.2, 0.25) is 0 Å². The Balaban J connectivity index is 2.00. The summed E-state index contributed by atoms with van der Waals surface area (Å²) in [6.45, 7) is 4.21. The van der Waals surface area contributed by atoms with Gasteiger partial charge in [0.25, 0.3) is 5.69 Å². The Hall–Kier alpha value is -1.46. The maximum absolute atomic E-state index is 10.9. The molecule has 0 radical (unpaired) electrons. The topological polar surface area (TPSA) is 58.4 Å². The number of hydrogen-bond donors (Lipinski definition) is 1. The summed E-state index contributed by atoms with van der Waals surface area (Å²) in [7, 11) is 2.16. The normalized spacial score (nSPS) is 21.0. The molecule has 1 fully saturated rings. The van der Waals surface area contributed by atoms with Gasteiger partial charge in [0, 0.05) is 30.8 Å². The third-order valence-corrected chi connectivity index (χ3v) is 4.16. The van der Waals surface area contributed by atoms with E-state index in [0.717, 1.165) is 18.5 Å². The molecule has 1 aliphatic rings. The molecule has 2 rings (SSSR count). The van der Waals surface area contributed by atoms with Crippen molar-refractivity contribution in [3.8, 4) is 0 Å². The summed E-state index contributed by atoms with van der Waals surface area (Å²) in [5, 5.41) is 14.4. The van der Waals surface area contributed by atoms with Crippen LogP contribution in [0.15, 0.2) is 24.3 Å². The Kier molecular flexibility index (Phi) is 5.09. The summed E-state index contributed by atoms with van der Waals surface area (Å²) in [6.07, 6.45) is 3.42. The average Bonchev–Trinajstić information content (AvgIpc) is 2.85. The molecule has 20 heavy (non-hydrogen) atoms. The van der Waals surface area contributed by atoms with Crippen molar-refractivity contribution in [3.05, 3.63) is 39.9 Å². The van der Waals surface area contributed by atoms with Crippen LogP contribution in [-0.4, -0.2) is 36.0 Å². The highest BCUT2D eigenvalue weighted by molar-refractivity contribution is 5.35. The number of hydrogen-bond acceptors (Lipinski definition) is 4. The second kappa shape index (κ2) is 6.81. The fraction of sp³-hybridized carbons (Fsp3) is 0.600. The smallest absolute Gasteiger partial charge is 0.269 e. The van der Waals surface area contributed by atoms with Gasteiger partial charge in [0.05, 0.1) is 4.92 Å². The molecule has 1 aromatic carbocycles. The first-order chi connectivity index (χ1) is 9.61. The zero-order valence-electron chi connectivity index (χ0n) is 12.2. The Morgan fingerprint density at radius 2 is 2.35 bits per heavy atom.